The zero-order valence-electron chi connectivity index (χ0n) is 14.6. The molecular weight excluding hydrogens is 328 g/mol. The fourth-order valence-electron chi connectivity index (χ4n) is 3.28. The molecule has 5 nitrogen and oxygen atoms in total. The highest BCUT2D eigenvalue weighted by atomic mass is 16.5. The summed E-state index contributed by atoms with van der Waals surface area (Å²) >= 11 is 0. The summed E-state index contributed by atoms with van der Waals surface area (Å²) in [6.45, 7) is 1.22. The van der Waals surface area contributed by atoms with Gasteiger partial charge in [0.05, 0.1) is 25.3 Å². The number of carbonyl (C=O) groups excluding carboxylic acids is 1. The van der Waals surface area contributed by atoms with Gasteiger partial charge in [0.2, 0.25) is 0 Å². The Kier molecular flexibility index (Phi) is 4.54. The van der Waals surface area contributed by atoms with Gasteiger partial charge < -0.3 is 14.4 Å². The van der Waals surface area contributed by atoms with Crippen LogP contribution >= 0.6 is 0 Å². The molecule has 1 fully saturated rings. The molecule has 5 heteroatoms. The summed E-state index contributed by atoms with van der Waals surface area (Å²) in [4.78, 5) is 19.7. The molecular formula is C21H20N2O3. The van der Waals surface area contributed by atoms with Crippen LogP contribution in [0.15, 0.2) is 60.7 Å². The highest BCUT2D eigenvalue weighted by molar-refractivity contribution is 6.06. The summed E-state index contributed by atoms with van der Waals surface area (Å²) in [5.74, 6) is 0.664. The summed E-state index contributed by atoms with van der Waals surface area (Å²) in [5, 5.41) is 0.941. The van der Waals surface area contributed by atoms with Crippen LogP contribution in [0.3, 0.4) is 0 Å². The van der Waals surface area contributed by atoms with Gasteiger partial charge in [-0.15, -0.1) is 0 Å². The van der Waals surface area contributed by atoms with Crippen LogP contribution in [-0.4, -0.2) is 37.3 Å². The van der Waals surface area contributed by atoms with Crippen LogP contribution in [-0.2, 0) is 4.74 Å². The molecule has 1 amide bonds. The number of aromatic nitrogens is 1. The fourth-order valence-corrected chi connectivity index (χ4v) is 3.28. The molecule has 3 aromatic rings. The number of fused-ring (bicyclic) bond motifs is 1. The van der Waals surface area contributed by atoms with Gasteiger partial charge in [0.1, 0.15) is 11.4 Å². The minimum atomic E-state index is -0.107. The lowest BCUT2D eigenvalue weighted by atomic mass is 10.1. The standard InChI is InChI=1S/C21H20N2O3/c1-25-18-8-10-19-15(13-18)7-9-20(22-19)21(24)23(17-11-12-26-14-17)16-5-3-2-4-6-16/h2-10,13,17H,11-12,14H2,1H3. The minimum Gasteiger partial charge on any atom is -0.497 e. The van der Waals surface area contributed by atoms with Gasteiger partial charge in [0, 0.05) is 17.7 Å². The van der Waals surface area contributed by atoms with E-state index in [-0.39, 0.29) is 11.9 Å². The van der Waals surface area contributed by atoms with E-state index in [0.29, 0.717) is 18.9 Å². The van der Waals surface area contributed by atoms with E-state index in [9.17, 15) is 4.79 Å². The van der Waals surface area contributed by atoms with Crippen molar-refractivity contribution in [2.75, 3.05) is 25.2 Å². The zero-order chi connectivity index (χ0) is 17.9. The molecule has 4 rings (SSSR count). The predicted octanol–water partition coefficient (Wildman–Crippen LogP) is 3.68. The highest BCUT2D eigenvalue weighted by Gasteiger charge is 2.30. The molecule has 2 heterocycles. The first-order valence-electron chi connectivity index (χ1n) is 8.67. The van der Waals surface area contributed by atoms with Crippen molar-refractivity contribution in [2.45, 2.75) is 12.5 Å². The Morgan fingerprint density at radius 1 is 1.15 bits per heavy atom. The number of anilines is 1. The molecule has 1 aliphatic heterocycles. The maximum atomic E-state index is 13.3. The Morgan fingerprint density at radius 3 is 2.73 bits per heavy atom. The Hall–Kier alpha value is -2.92. The quantitative estimate of drug-likeness (QED) is 0.722. The van der Waals surface area contributed by atoms with Gasteiger partial charge in [-0.1, -0.05) is 24.3 Å². The molecule has 132 valence electrons. The second-order valence-electron chi connectivity index (χ2n) is 6.28. The third kappa shape index (κ3) is 3.13. The molecule has 26 heavy (non-hydrogen) atoms. The number of pyridine rings is 1. The van der Waals surface area contributed by atoms with Crippen LogP contribution in [0.1, 0.15) is 16.9 Å². The first kappa shape index (κ1) is 16.5. The van der Waals surface area contributed by atoms with Crippen molar-refractivity contribution < 1.29 is 14.3 Å². The third-order valence-electron chi connectivity index (χ3n) is 4.64. The van der Waals surface area contributed by atoms with Crippen LogP contribution in [0.5, 0.6) is 5.75 Å². The van der Waals surface area contributed by atoms with Crippen molar-refractivity contribution in [1.29, 1.82) is 0 Å². The van der Waals surface area contributed by atoms with E-state index in [2.05, 4.69) is 4.98 Å². The number of ether oxygens (including phenoxy) is 2. The monoisotopic (exact) mass is 348 g/mol. The Labute approximate surface area is 152 Å². The number of carbonyl (C=O) groups is 1. The van der Waals surface area contributed by atoms with Crippen molar-refractivity contribution in [3.63, 3.8) is 0 Å². The molecule has 1 atom stereocenters. The zero-order valence-corrected chi connectivity index (χ0v) is 14.6. The summed E-state index contributed by atoms with van der Waals surface area (Å²) in [5.41, 5.74) is 2.07. The molecule has 0 radical (unpaired) electrons. The number of benzene rings is 2. The van der Waals surface area contributed by atoms with Crippen molar-refractivity contribution in [2.24, 2.45) is 0 Å². The van der Waals surface area contributed by atoms with Gasteiger partial charge in [-0.25, -0.2) is 4.98 Å². The van der Waals surface area contributed by atoms with Gasteiger partial charge in [-0.05, 0) is 42.8 Å². The number of hydrogen-bond donors (Lipinski definition) is 0. The molecule has 0 N–H and O–H groups in total. The lowest BCUT2D eigenvalue weighted by molar-refractivity contribution is 0.0967. The molecule has 0 bridgehead atoms. The summed E-state index contributed by atoms with van der Waals surface area (Å²) in [6, 6.07) is 19.1. The summed E-state index contributed by atoms with van der Waals surface area (Å²) in [6.07, 6.45) is 0.825. The van der Waals surface area contributed by atoms with E-state index in [0.717, 1.165) is 28.8 Å². The average molecular weight is 348 g/mol. The molecule has 2 aromatic carbocycles. The van der Waals surface area contributed by atoms with Crippen LogP contribution in [0, 0.1) is 0 Å². The average Bonchev–Trinajstić information content (AvgIpc) is 3.22. The lowest BCUT2D eigenvalue weighted by Crippen LogP contribution is -2.41. The van der Waals surface area contributed by atoms with E-state index >= 15 is 0 Å². The third-order valence-corrected chi connectivity index (χ3v) is 4.64. The van der Waals surface area contributed by atoms with Gasteiger partial charge in [-0.2, -0.15) is 0 Å². The highest BCUT2D eigenvalue weighted by Crippen LogP contribution is 2.25. The van der Waals surface area contributed by atoms with Crippen LogP contribution in [0.2, 0.25) is 0 Å². The number of nitrogens with zero attached hydrogens (tertiary/aromatic N) is 2. The molecule has 1 saturated heterocycles. The van der Waals surface area contributed by atoms with E-state index in [4.69, 9.17) is 9.47 Å². The number of methoxy groups -OCH3 is 1. The van der Waals surface area contributed by atoms with Crippen molar-refractivity contribution >= 4 is 22.5 Å². The number of amides is 1. The largest absolute Gasteiger partial charge is 0.497 e. The molecule has 0 saturated carbocycles. The second-order valence-corrected chi connectivity index (χ2v) is 6.28. The lowest BCUT2D eigenvalue weighted by Gasteiger charge is -2.28. The first-order chi connectivity index (χ1) is 12.8. The molecule has 0 aliphatic carbocycles. The van der Waals surface area contributed by atoms with Crippen molar-refractivity contribution in [3.05, 3.63) is 66.4 Å². The van der Waals surface area contributed by atoms with E-state index in [1.165, 1.54) is 0 Å². The Balaban J connectivity index is 1.72. The Bertz CT molecular complexity index is 921. The van der Waals surface area contributed by atoms with Crippen LogP contribution in [0.4, 0.5) is 5.69 Å². The van der Waals surface area contributed by atoms with E-state index in [1.54, 1.807) is 13.2 Å². The van der Waals surface area contributed by atoms with E-state index < -0.39 is 0 Å². The molecule has 0 spiro atoms. The fraction of sp³-hybridized carbons (Fsp3) is 0.238. The smallest absolute Gasteiger partial charge is 0.277 e. The molecule has 1 aliphatic rings. The summed E-state index contributed by atoms with van der Waals surface area (Å²) in [7, 11) is 1.63. The Morgan fingerprint density at radius 2 is 2.00 bits per heavy atom. The van der Waals surface area contributed by atoms with Crippen molar-refractivity contribution in [3.8, 4) is 5.75 Å². The second kappa shape index (κ2) is 7.14. The van der Waals surface area contributed by atoms with E-state index in [1.807, 2.05) is 59.5 Å². The SMILES string of the molecule is COc1ccc2nc(C(=O)N(c3ccccc3)C3CCOC3)ccc2c1. The molecule has 1 unspecified atom stereocenters. The molecule has 1 aromatic heterocycles. The number of para-hydroxylation sites is 1. The predicted molar refractivity (Wildman–Crippen MR) is 101 cm³/mol. The minimum absolute atomic E-state index is 0.0262. The maximum Gasteiger partial charge on any atom is 0.277 e. The van der Waals surface area contributed by atoms with Gasteiger partial charge in [0.15, 0.2) is 0 Å². The topological polar surface area (TPSA) is 51.7 Å². The van der Waals surface area contributed by atoms with Crippen molar-refractivity contribution in [1.82, 2.24) is 4.98 Å². The summed E-state index contributed by atoms with van der Waals surface area (Å²) < 4.78 is 10.8. The normalized spacial score (nSPS) is 16.6. The maximum absolute atomic E-state index is 13.3. The number of rotatable bonds is 4. The van der Waals surface area contributed by atoms with Crippen LogP contribution in [0.25, 0.3) is 10.9 Å². The first-order valence-corrected chi connectivity index (χ1v) is 8.67. The van der Waals surface area contributed by atoms with Crippen LogP contribution < -0.4 is 9.64 Å². The number of hydrogen-bond acceptors (Lipinski definition) is 4. The van der Waals surface area contributed by atoms with Gasteiger partial charge in [0.25, 0.3) is 5.91 Å². The van der Waals surface area contributed by atoms with Gasteiger partial charge in [-0.3, -0.25) is 4.79 Å². The van der Waals surface area contributed by atoms with Gasteiger partial charge >= 0.3 is 0 Å².